The largest absolute Gasteiger partial charge is 0.318 e. The predicted octanol–water partition coefficient (Wildman–Crippen LogP) is -0.187. The molecule has 3 N–H and O–H groups in total. The van der Waals surface area contributed by atoms with Crippen LogP contribution in [0, 0.1) is 28.6 Å². The fourth-order valence-electron chi connectivity index (χ4n) is 1.45. The number of hydrogen-bond donors (Lipinski definition) is 2. The van der Waals surface area contributed by atoms with Crippen molar-refractivity contribution in [1.82, 2.24) is 15.0 Å². The summed E-state index contributed by atoms with van der Waals surface area (Å²) < 4.78 is 1.50. The van der Waals surface area contributed by atoms with E-state index in [1.165, 1.54) is 10.9 Å². The first-order chi connectivity index (χ1) is 8.06. The van der Waals surface area contributed by atoms with Crippen molar-refractivity contribution in [2.45, 2.75) is 19.9 Å². The molecule has 0 saturated heterocycles. The predicted molar refractivity (Wildman–Crippen MR) is 57.9 cm³/mol. The molecule has 1 heterocycles. The SMILES string of the molecule is CC(C(=O)NN)C(C)n1cnc(C#N)c1C#N. The molecule has 1 amide bonds. The van der Waals surface area contributed by atoms with E-state index in [2.05, 4.69) is 10.4 Å². The van der Waals surface area contributed by atoms with E-state index in [0.717, 1.165) is 0 Å². The molecule has 0 aliphatic heterocycles. The van der Waals surface area contributed by atoms with E-state index in [0.29, 0.717) is 0 Å². The number of imidazole rings is 1. The zero-order valence-corrected chi connectivity index (χ0v) is 9.51. The second-order valence-electron chi connectivity index (χ2n) is 3.61. The molecule has 0 aromatic carbocycles. The number of nitrogens with two attached hydrogens (primary N) is 1. The summed E-state index contributed by atoms with van der Waals surface area (Å²) in [6.07, 6.45) is 1.38. The standard InChI is InChI=1S/C10H12N6O/c1-6(10(17)15-13)7(2)16-5-14-8(3-11)9(16)4-12/h5-7H,13H2,1-2H3,(H,15,17). The smallest absolute Gasteiger partial charge is 0.238 e. The number of amides is 1. The minimum atomic E-state index is -0.437. The molecular formula is C10H12N6O. The van der Waals surface area contributed by atoms with E-state index in [1.807, 2.05) is 12.1 Å². The van der Waals surface area contributed by atoms with E-state index in [9.17, 15) is 4.79 Å². The van der Waals surface area contributed by atoms with Crippen LogP contribution >= 0.6 is 0 Å². The third kappa shape index (κ3) is 2.25. The summed E-state index contributed by atoms with van der Waals surface area (Å²) in [5.41, 5.74) is 2.26. The van der Waals surface area contributed by atoms with Crippen molar-refractivity contribution >= 4 is 5.91 Å². The van der Waals surface area contributed by atoms with Gasteiger partial charge in [0.15, 0.2) is 11.4 Å². The lowest BCUT2D eigenvalue weighted by Gasteiger charge is -2.20. The van der Waals surface area contributed by atoms with Gasteiger partial charge in [-0.1, -0.05) is 6.92 Å². The molecule has 0 aliphatic carbocycles. The van der Waals surface area contributed by atoms with Gasteiger partial charge in [0.25, 0.3) is 0 Å². The zero-order chi connectivity index (χ0) is 13.0. The third-order valence-electron chi connectivity index (χ3n) is 2.72. The second kappa shape index (κ2) is 5.10. The number of nitriles is 2. The van der Waals surface area contributed by atoms with Crippen LogP contribution < -0.4 is 11.3 Å². The van der Waals surface area contributed by atoms with E-state index in [-0.39, 0.29) is 23.3 Å². The van der Waals surface area contributed by atoms with Gasteiger partial charge in [0.1, 0.15) is 12.1 Å². The summed E-state index contributed by atoms with van der Waals surface area (Å²) in [5.74, 6) is 4.27. The highest BCUT2D eigenvalue weighted by molar-refractivity contribution is 5.78. The number of aromatic nitrogens is 2. The minimum absolute atomic E-state index is 0.0553. The molecule has 0 fully saturated rings. The highest BCUT2D eigenvalue weighted by atomic mass is 16.2. The molecule has 17 heavy (non-hydrogen) atoms. The van der Waals surface area contributed by atoms with Gasteiger partial charge in [0.2, 0.25) is 5.91 Å². The molecule has 0 spiro atoms. The average Bonchev–Trinajstić information content (AvgIpc) is 2.78. The van der Waals surface area contributed by atoms with Gasteiger partial charge in [-0.2, -0.15) is 10.5 Å². The van der Waals surface area contributed by atoms with E-state index >= 15 is 0 Å². The lowest BCUT2D eigenvalue weighted by atomic mass is 10.0. The van der Waals surface area contributed by atoms with Gasteiger partial charge < -0.3 is 4.57 Å². The first kappa shape index (κ1) is 12.7. The molecule has 0 bridgehead atoms. The number of carbonyl (C=O) groups is 1. The Kier molecular flexibility index (Phi) is 3.81. The number of hydrazine groups is 1. The first-order valence-corrected chi connectivity index (χ1v) is 4.94. The van der Waals surface area contributed by atoms with E-state index in [4.69, 9.17) is 16.4 Å². The summed E-state index contributed by atoms with van der Waals surface area (Å²) >= 11 is 0. The van der Waals surface area contributed by atoms with Gasteiger partial charge >= 0.3 is 0 Å². The van der Waals surface area contributed by atoms with Crippen LogP contribution in [0.2, 0.25) is 0 Å². The number of rotatable bonds is 3. The molecule has 2 atom stereocenters. The van der Waals surface area contributed by atoms with Crippen LogP contribution in [-0.4, -0.2) is 15.5 Å². The maximum Gasteiger partial charge on any atom is 0.238 e. The summed E-state index contributed by atoms with van der Waals surface area (Å²) in [4.78, 5) is 15.2. The number of nitrogens with zero attached hydrogens (tertiary/aromatic N) is 4. The van der Waals surface area contributed by atoms with E-state index < -0.39 is 5.92 Å². The molecule has 1 aromatic rings. The van der Waals surface area contributed by atoms with Gasteiger partial charge in [0.05, 0.1) is 12.2 Å². The number of hydrogen-bond acceptors (Lipinski definition) is 5. The van der Waals surface area contributed by atoms with Gasteiger partial charge in [-0.3, -0.25) is 10.2 Å². The number of nitrogens with one attached hydrogen (secondary N) is 1. The van der Waals surface area contributed by atoms with Crippen LogP contribution in [0.3, 0.4) is 0 Å². The van der Waals surface area contributed by atoms with Gasteiger partial charge in [-0.25, -0.2) is 10.8 Å². The summed E-state index contributed by atoms with van der Waals surface area (Å²) in [5, 5.41) is 17.7. The van der Waals surface area contributed by atoms with Crippen LogP contribution in [0.5, 0.6) is 0 Å². The van der Waals surface area contributed by atoms with E-state index in [1.54, 1.807) is 13.8 Å². The molecule has 1 rings (SSSR count). The highest BCUT2D eigenvalue weighted by Crippen LogP contribution is 2.20. The molecule has 0 saturated carbocycles. The molecular weight excluding hydrogens is 220 g/mol. The van der Waals surface area contributed by atoms with Crippen molar-refractivity contribution in [3.05, 3.63) is 17.7 Å². The lowest BCUT2D eigenvalue weighted by Crippen LogP contribution is -2.37. The lowest BCUT2D eigenvalue weighted by molar-refractivity contribution is -0.125. The van der Waals surface area contributed by atoms with Gasteiger partial charge in [0, 0.05) is 6.04 Å². The Bertz CT molecular complexity index is 506. The number of carbonyl (C=O) groups excluding carboxylic acids is 1. The topological polar surface area (TPSA) is 121 Å². The Morgan fingerprint density at radius 2 is 2.18 bits per heavy atom. The van der Waals surface area contributed by atoms with Crippen molar-refractivity contribution in [1.29, 1.82) is 10.5 Å². The maximum absolute atomic E-state index is 11.4. The normalized spacial score (nSPS) is 13.2. The van der Waals surface area contributed by atoms with Crippen LogP contribution in [0.1, 0.15) is 31.3 Å². The Balaban J connectivity index is 3.10. The maximum atomic E-state index is 11.4. The van der Waals surface area contributed by atoms with Crippen molar-refractivity contribution in [3.63, 3.8) is 0 Å². The van der Waals surface area contributed by atoms with Crippen LogP contribution in [0.15, 0.2) is 6.33 Å². The Morgan fingerprint density at radius 3 is 2.65 bits per heavy atom. The van der Waals surface area contributed by atoms with Gasteiger partial charge in [-0.05, 0) is 6.92 Å². The average molecular weight is 232 g/mol. The Hall–Kier alpha value is -2.38. The first-order valence-electron chi connectivity index (χ1n) is 4.94. The molecule has 0 aliphatic rings. The monoisotopic (exact) mass is 232 g/mol. The van der Waals surface area contributed by atoms with Crippen LogP contribution in [0.25, 0.3) is 0 Å². The molecule has 7 nitrogen and oxygen atoms in total. The quantitative estimate of drug-likeness (QED) is 0.425. The summed E-state index contributed by atoms with van der Waals surface area (Å²) in [6.45, 7) is 3.43. The Morgan fingerprint density at radius 1 is 1.53 bits per heavy atom. The van der Waals surface area contributed by atoms with Gasteiger partial charge in [-0.15, -0.1) is 0 Å². The zero-order valence-electron chi connectivity index (χ0n) is 9.51. The van der Waals surface area contributed by atoms with Crippen LogP contribution in [0.4, 0.5) is 0 Å². The molecule has 1 aromatic heterocycles. The molecule has 88 valence electrons. The molecule has 7 heteroatoms. The van der Waals surface area contributed by atoms with Crippen molar-refractivity contribution in [2.75, 3.05) is 0 Å². The van der Waals surface area contributed by atoms with Crippen LogP contribution in [-0.2, 0) is 4.79 Å². The molecule has 2 unspecified atom stereocenters. The Labute approximate surface area is 98.4 Å². The van der Waals surface area contributed by atoms with Crippen molar-refractivity contribution in [2.24, 2.45) is 11.8 Å². The minimum Gasteiger partial charge on any atom is -0.318 e. The molecule has 0 radical (unpaired) electrons. The highest BCUT2D eigenvalue weighted by Gasteiger charge is 2.24. The fourth-order valence-corrected chi connectivity index (χ4v) is 1.45. The second-order valence-corrected chi connectivity index (χ2v) is 3.61. The van der Waals surface area contributed by atoms with Crippen molar-refractivity contribution in [3.8, 4) is 12.1 Å². The third-order valence-corrected chi connectivity index (χ3v) is 2.72. The summed E-state index contributed by atoms with van der Waals surface area (Å²) in [6, 6.07) is 3.41. The van der Waals surface area contributed by atoms with Crippen molar-refractivity contribution < 1.29 is 4.79 Å². The summed E-state index contributed by atoms with van der Waals surface area (Å²) in [7, 11) is 0. The fraction of sp³-hybridized carbons (Fsp3) is 0.400.